The monoisotopic (exact) mass is 292 g/mol. The van der Waals surface area contributed by atoms with E-state index in [0.29, 0.717) is 0 Å². The Bertz CT molecular complexity index is 688. The van der Waals surface area contributed by atoms with Gasteiger partial charge in [0, 0.05) is 6.20 Å². The summed E-state index contributed by atoms with van der Waals surface area (Å²) in [5.74, 6) is -1.84. The number of amides is 1. The first-order valence-electron chi connectivity index (χ1n) is 5.45. The molecule has 0 aliphatic heterocycles. The molecule has 20 heavy (non-hydrogen) atoms. The molecule has 0 saturated heterocycles. The number of aromatic nitrogens is 1. The molecule has 3 N–H and O–H groups in total. The second-order valence-corrected chi connectivity index (χ2v) is 4.29. The van der Waals surface area contributed by atoms with E-state index in [4.69, 9.17) is 16.7 Å². The fraction of sp³-hybridized carbons (Fsp3) is 0. The maximum atomic E-state index is 11.9. The number of pyridine rings is 1. The lowest BCUT2D eigenvalue weighted by atomic mass is 10.2. The summed E-state index contributed by atoms with van der Waals surface area (Å²) < 4.78 is 0. The molecule has 0 bridgehead atoms. The van der Waals surface area contributed by atoms with Gasteiger partial charge in [0.15, 0.2) is 0 Å². The van der Waals surface area contributed by atoms with Crippen LogP contribution in [0, 0.1) is 0 Å². The van der Waals surface area contributed by atoms with Crippen molar-refractivity contribution < 1.29 is 19.8 Å². The SMILES string of the molecule is O=C(O)c1ccc(Cl)c(NC(=O)c2cncc(O)c2)c1. The number of hydrogen-bond donors (Lipinski definition) is 3. The van der Waals surface area contributed by atoms with Gasteiger partial charge in [0.25, 0.3) is 5.91 Å². The number of aromatic hydroxyl groups is 1. The summed E-state index contributed by atoms with van der Waals surface area (Å²) in [6, 6.07) is 5.19. The Hall–Kier alpha value is -2.60. The number of halogens is 1. The smallest absolute Gasteiger partial charge is 0.335 e. The quantitative estimate of drug-likeness (QED) is 0.806. The Balaban J connectivity index is 2.27. The predicted molar refractivity (Wildman–Crippen MR) is 72.3 cm³/mol. The molecule has 0 unspecified atom stereocenters. The summed E-state index contributed by atoms with van der Waals surface area (Å²) in [5, 5.41) is 20.8. The minimum absolute atomic E-state index is 0.00117. The molecule has 0 saturated carbocycles. The zero-order valence-corrected chi connectivity index (χ0v) is 10.8. The fourth-order valence-electron chi connectivity index (χ4n) is 1.50. The topological polar surface area (TPSA) is 99.5 Å². The van der Waals surface area contributed by atoms with Crippen LogP contribution in [0.1, 0.15) is 20.7 Å². The molecule has 0 radical (unpaired) electrons. The number of nitrogens with zero attached hydrogens (tertiary/aromatic N) is 1. The molecule has 102 valence electrons. The van der Waals surface area contributed by atoms with E-state index in [0.717, 1.165) is 0 Å². The van der Waals surface area contributed by atoms with Crippen molar-refractivity contribution in [1.29, 1.82) is 0 Å². The summed E-state index contributed by atoms with van der Waals surface area (Å²) in [6.45, 7) is 0. The predicted octanol–water partition coefficient (Wildman–Crippen LogP) is 2.39. The van der Waals surface area contributed by atoms with Gasteiger partial charge in [0.1, 0.15) is 5.75 Å². The van der Waals surface area contributed by atoms with Crippen molar-refractivity contribution in [3.8, 4) is 5.75 Å². The van der Waals surface area contributed by atoms with Gasteiger partial charge in [-0.05, 0) is 24.3 Å². The van der Waals surface area contributed by atoms with Gasteiger partial charge in [-0.1, -0.05) is 11.6 Å². The Labute approximate surface area is 118 Å². The van der Waals surface area contributed by atoms with Crippen molar-refractivity contribution in [2.75, 3.05) is 5.32 Å². The molecule has 1 aromatic carbocycles. The number of aromatic carboxylic acids is 1. The number of nitrogens with one attached hydrogen (secondary N) is 1. The third-order valence-corrected chi connectivity index (χ3v) is 2.78. The maximum absolute atomic E-state index is 11.9. The Morgan fingerprint density at radius 3 is 2.55 bits per heavy atom. The average Bonchev–Trinajstić information content (AvgIpc) is 2.41. The molecule has 0 aliphatic rings. The molecule has 1 aromatic heterocycles. The third kappa shape index (κ3) is 3.04. The van der Waals surface area contributed by atoms with E-state index in [1.165, 1.54) is 36.7 Å². The highest BCUT2D eigenvalue weighted by Crippen LogP contribution is 2.24. The van der Waals surface area contributed by atoms with Gasteiger partial charge >= 0.3 is 5.97 Å². The number of benzene rings is 1. The standard InChI is InChI=1S/C13H9ClN2O4/c14-10-2-1-7(13(19)20)4-11(10)16-12(18)8-3-9(17)6-15-5-8/h1-6,17H,(H,16,18)(H,19,20). The van der Waals surface area contributed by atoms with Gasteiger partial charge in [-0.25, -0.2) is 4.79 Å². The number of carboxylic acids is 1. The minimum atomic E-state index is -1.13. The fourth-order valence-corrected chi connectivity index (χ4v) is 1.67. The largest absolute Gasteiger partial charge is 0.506 e. The highest BCUT2D eigenvalue weighted by molar-refractivity contribution is 6.34. The van der Waals surface area contributed by atoms with Crippen molar-refractivity contribution in [3.63, 3.8) is 0 Å². The molecule has 0 fully saturated rings. The zero-order valence-electron chi connectivity index (χ0n) is 10.0. The van der Waals surface area contributed by atoms with E-state index in [9.17, 15) is 14.7 Å². The molecular weight excluding hydrogens is 284 g/mol. The lowest BCUT2D eigenvalue weighted by molar-refractivity contribution is 0.0696. The van der Waals surface area contributed by atoms with Crippen LogP contribution < -0.4 is 5.32 Å². The van der Waals surface area contributed by atoms with Crippen LogP contribution in [0.2, 0.25) is 5.02 Å². The maximum Gasteiger partial charge on any atom is 0.335 e. The van der Waals surface area contributed by atoms with Crippen LogP contribution in [0.15, 0.2) is 36.7 Å². The number of carbonyl (C=O) groups excluding carboxylic acids is 1. The summed E-state index contributed by atoms with van der Waals surface area (Å²) in [7, 11) is 0. The van der Waals surface area contributed by atoms with Crippen molar-refractivity contribution >= 4 is 29.2 Å². The van der Waals surface area contributed by atoms with Crippen molar-refractivity contribution in [2.24, 2.45) is 0 Å². The molecule has 1 heterocycles. The number of rotatable bonds is 3. The van der Waals surface area contributed by atoms with E-state index >= 15 is 0 Å². The molecule has 7 heteroatoms. The van der Waals surface area contributed by atoms with Crippen molar-refractivity contribution in [2.45, 2.75) is 0 Å². The van der Waals surface area contributed by atoms with Crippen molar-refractivity contribution in [3.05, 3.63) is 52.8 Å². The Morgan fingerprint density at radius 1 is 1.15 bits per heavy atom. The van der Waals surface area contributed by atoms with Gasteiger partial charge < -0.3 is 15.5 Å². The van der Waals surface area contributed by atoms with Crippen LogP contribution in [0.5, 0.6) is 5.75 Å². The normalized spacial score (nSPS) is 10.1. The van der Waals surface area contributed by atoms with Gasteiger partial charge in [-0.2, -0.15) is 0 Å². The zero-order chi connectivity index (χ0) is 14.7. The highest BCUT2D eigenvalue weighted by Gasteiger charge is 2.12. The van der Waals surface area contributed by atoms with E-state index in [2.05, 4.69) is 10.3 Å². The third-order valence-electron chi connectivity index (χ3n) is 2.45. The van der Waals surface area contributed by atoms with Gasteiger partial charge in [0.2, 0.25) is 0 Å². The van der Waals surface area contributed by atoms with Gasteiger partial charge in [0.05, 0.1) is 28.0 Å². The van der Waals surface area contributed by atoms with Crippen molar-refractivity contribution in [1.82, 2.24) is 4.98 Å². The molecule has 2 aromatic rings. The van der Waals surface area contributed by atoms with Crippen LogP contribution in [0.25, 0.3) is 0 Å². The lowest BCUT2D eigenvalue weighted by Crippen LogP contribution is -2.13. The van der Waals surface area contributed by atoms with Crippen LogP contribution in [0.4, 0.5) is 5.69 Å². The van der Waals surface area contributed by atoms with E-state index in [-0.39, 0.29) is 27.6 Å². The second kappa shape index (κ2) is 5.58. The Kier molecular flexibility index (Phi) is 3.86. The van der Waals surface area contributed by atoms with Crippen LogP contribution in [-0.2, 0) is 0 Å². The number of carbonyl (C=O) groups is 2. The second-order valence-electron chi connectivity index (χ2n) is 3.89. The average molecular weight is 293 g/mol. The number of anilines is 1. The lowest BCUT2D eigenvalue weighted by Gasteiger charge is -2.08. The molecule has 6 nitrogen and oxygen atoms in total. The highest BCUT2D eigenvalue weighted by atomic mass is 35.5. The summed E-state index contributed by atoms with van der Waals surface area (Å²) in [6.07, 6.45) is 2.46. The van der Waals surface area contributed by atoms with Gasteiger partial charge in [-0.3, -0.25) is 9.78 Å². The summed E-state index contributed by atoms with van der Waals surface area (Å²) in [4.78, 5) is 26.5. The molecule has 0 spiro atoms. The van der Waals surface area contributed by atoms with Crippen LogP contribution >= 0.6 is 11.6 Å². The number of hydrogen-bond acceptors (Lipinski definition) is 4. The molecule has 0 aliphatic carbocycles. The van der Waals surface area contributed by atoms with E-state index < -0.39 is 11.9 Å². The molecule has 2 rings (SSSR count). The number of carboxylic acid groups (broad SMARTS) is 1. The van der Waals surface area contributed by atoms with E-state index in [1.807, 2.05) is 0 Å². The first kappa shape index (κ1) is 13.8. The summed E-state index contributed by atoms with van der Waals surface area (Å²) in [5.41, 5.74) is 0.292. The molecule has 0 atom stereocenters. The molecule has 1 amide bonds. The van der Waals surface area contributed by atoms with Crippen LogP contribution in [0.3, 0.4) is 0 Å². The van der Waals surface area contributed by atoms with E-state index in [1.54, 1.807) is 0 Å². The first-order valence-corrected chi connectivity index (χ1v) is 5.83. The first-order chi connectivity index (χ1) is 9.47. The van der Waals surface area contributed by atoms with Crippen LogP contribution in [-0.4, -0.2) is 27.1 Å². The molecular formula is C13H9ClN2O4. The minimum Gasteiger partial charge on any atom is -0.506 e. The summed E-state index contributed by atoms with van der Waals surface area (Å²) >= 11 is 5.89. The van der Waals surface area contributed by atoms with Gasteiger partial charge in [-0.15, -0.1) is 0 Å². The Morgan fingerprint density at radius 2 is 1.90 bits per heavy atom.